The lowest BCUT2D eigenvalue weighted by Gasteiger charge is -2.30. The Morgan fingerprint density at radius 1 is 1.00 bits per heavy atom. The fourth-order valence-electron chi connectivity index (χ4n) is 4.36. The highest BCUT2D eigenvalue weighted by molar-refractivity contribution is 6.09. The third-order valence-electron chi connectivity index (χ3n) is 6.14. The number of rotatable bonds is 9. The number of amides is 2. The largest absolute Gasteiger partial charge is 0.490 e. The first-order chi connectivity index (χ1) is 18.5. The number of hydrogen-bond acceptors (Lipinski definition) is 6. The van der Waals surface area contributed by atoms with Crippen LogP contribution in [0.2, 0.25) is 0 Å². The molecule has 0 radical (unpaired) electrons. The van der Waals surface area contributed by atoms with Crippen molar-refractivity contribution in [1.29, 1.82) is 0 Å². The van der Waals surface area contributed by atoms with Crippen LogP contribution >= 0.6 is 0 Å². The molecule has 0 saturated carbocycles. The summed E-state index contributed by atoms with van der Waals surface area (Å²) in [5, 5.41) is 3.73. The normalized spacial score (nSPS) is 16.4. The van der Waals surface area contributed by atoms with E-state index >= 15 is 0 Å². The highest BCUT2D eigenvalue weighted by Gasteiger charge is 2.68. The second kappa shape index (κ2) is 10.7. The number of H-pyrrole nitrogens is 1. The summed E-state index contributed by atoms with van der Waals surface area (Å²) in [6, 6.07) is 12.0. The fourth-order valence-corrected chi connectivity index (χ4v) is 4.36. The van der Waals surface area contributed by atoms with Gasteiger partial charge in [0, 0.05) is 12.1 Å². The standard InChI is InChI=1S/C26H25F3N4O6/c1-3-38-17-11-10-15(14-18(17)39-4-2)12-13-33-20-19(22(35)31-24(33)37)25(23(36)30-20,26(27,28)29)32-21(34)16-8-6-5-7-9-16/h5-11,14H,3-4,12-13H2,1-2H3,(H,30,36)(H,32,34)(H,31,35,37). The summed E-state index contributed by atoms with van der Waals surface area (Å²) in [6.45, 7) is 4.15. The predicted octanol–water partition coefficient (Wildman–Crippen LogP) is 2.72. The number of nitrogens with zero attached hydrogens (tertiary/aromatic N) is 1. The SMILES string of the molecule is CCOc1ccc(CCn2c3c(c(=O)[nH]c2=O)C(NC(=O)c2ccccc2)(C(F)(F)F)C(=O)N3)cc1OCC. The highest BCUT2D eigenvalue weighted by Crippen LogP contribution is 2.45. The van der Waals surface area contributed by atoms with Gasteiger partial charge in [0.15, 0.2) is 11.5 Å². The molecule has 10 nitrogen and oxygen atoms in total. The van der Waals surface area contributed by atoms with E-state index in [1.807, 2.05) is 17.2 Å². The van der Waals surface area contributed by atoms with Gasteiger partial charge in [-0.2, -0.15) is 13.2 Å². The van der Waals surface area contributed by atoms with E-state index in [2.05, 4.69) is 0 Å². The number of ether oxygens (including phenoxy) is 2. The molecule has 1 aromatic heterocycles. The van der Waals surface area contributed by atoms with Gasteiger partial charge in [-0.05, 0) is 50.1 Å². The van der Waals surface area contributed by atoms with Gasteiger partial charge >= 0.3 is 11.9 Å². The first-order valence-corrected chi connectivity index (χ1v) is 12.0. The van der Waals surface area contributed by atoms with Crippen molar-refractivity contribution >= 4 is 17.6 Å². The summed E-state index contributed by atoms with van der Waals surface area (Å²) in [5.41, 5.74) is -6.83. The summed E-state index contributed by atoms with van der Waals surface area (Å²) in [4.78, 5) is 53.0. The van der Waals surface area contributed by atoms with Crippen LogP contribution in [-0.4, -0.2) is 40.8 Å². The number of carbonyl (C=O) groups is 2. The van der Waals surface area contributed by atoms with E-state index in [9.17, 15) is 32.3 Å². The van der Waals surface area contributed by atoms with Crippen molar-refractivity contribution in [3.63, 3.8) is 0 Å². The van der Waals surface area contributed by atoms with Crippen LogP contribution in [-0.2, 0) is 23.3 Å². The zero-order chi connectivity index (χ0) is 28.4. The minimum Gasteiger partial charge on any atom is -0.490 e. The number of anilines is 1. The van der Waals surface area contributed by atoms with Gasteiger partial charge < -0.3 is 20.1 Å². The summed E-state index contributed by atoms with van der Waals surface area (Å²) >= 11 is 0. The zero-order valence-electron chi connectivity index (χ0n) is 21.0. The Balaban J connectivity index is 1.75. The third kappa shape index (κ3) is 4.99. The molecule has 3 N–H and O–H groups in total. The summed E-state index contributed by atoms with van der Waals surface area (Å²) in [5.74, 6) is -2.63. The van der Waals surface area contributed by atoms with Crippen molar-refractivity contribution in [3.05, 3.63) is 86.1 Å². The second-order valence-electron chi connectivity index (χ2n) is 8.55. The van der Waals surface area contributed by atoms with Crippen LogP contribution in [0.3, 0.4) is 0 Å². The summed E-state index contributed by atoms with van der Waals surface area (Å²) < 4.78 is 55.6. The van der Waals surface area contributed by atoms with E-state index in [0.717, 1.165) is 4.57 Å². The number of halogens is 3. The Morgan fingerprint density at radius 2 is 1.67 bits per heavy atom. The maximum Gasteiger partial charge on any atom is 0.425 e. The molecule has 4 rings (SSSR count). The van der Waals surface area contributed by atoms with Gasteiger partial charge in [0.25, 0.3) is 22.9 Å². The first-order valence-electron chi connectivity index (χ1n) is 12.0. The van der Waals surface area contributed by atoms with Crippen LogP contribution in [0.5, 0.6) is 11.5 Å². The van der Waals surface area contributed by atoms with E-state index in [1.54, 1.807) is 36.5 Å². The molecular weight excluding hydrogens is 521 g/mol. The maximum absolute atomic E-state index is 14.6. The lowest BCUT2D eigenvalue weighted by atomic mass is 9.91. The van der Waals surface area contributed by atoms with Gasteiger partial charge in [0.1, 0.15) is 11.4 Å². The summed E-state index contributed by atoms with van der Waals surface area (Å²) in [7, 11) is 0. The van der Waals surface area contributed by atoms with E-state index in [-0.39, 0.29) is 18.5 Å². The van der Waals surface area contributed by atoms with Crippen molar-refractivity contribution in [1.82, 2.24) is 14.9 Å². The van der Waals surface area contributed by atoms with Gasteiger partial charge in [-0.1, -0.05) is 24.3 Å². The van der Waals surface area contributed by atoms with Gasteiger partial charge in [0.2, 0.25) is 0 Å². The number of carbonyl (C=O) groups excluding carboxylic acids is 2. The zero-order valence-corrected chi connectivity index (χ0v) is 21.0. The lowest BCUT2D eigenvalue weighted by Crippen LogP contribution is -2.62. The van der Waals surface area contributed by atoms with Crippen LogP contribution in [0.15, 0.2) is 58.1 Å². The Morgan fingerprint density at radius 3 is 2.31 bits per heavy atom. The van der Waals surface area contributed by atoms with Crippen molar-refractivity contribution in [3.8, 4) is 11.5 Å². The molecule has 39 heavy (non-hydrogen) atoms. The predicted molar refractivity (Wildman–Crippen MR) is 134 cm³/mol. The van der Waals surface area contributed by atoms with Crippen molar-refractivity contribution in [2.75, 3.05) is 18.5 Å². The Hall–Kier alpha value is -4.55. The molecule has 0 fully saturated rings. The molecule has 0 saturated heterocycles. The van der Waals surface area contributed by atoms with Crippen LogP contribution in [0.4, 0.5) is 19.0 Å². The maximum atomic E-state index is 14.6. The van der Waals surface area contributed by atoms with E-state index < -0.39 is 46.2 Å². The van der Waals surface area contributed by atoms with Crippen LogP contribution in [0.25, 0.3) is 0 Å². The molecule has 1 aliphatic heterocycles. The Labute approximate surface area is 219 Å². The van der Waals surface area contributed by atoms with E-state index in [4.69, 9.17) is 9.47 Å². The van der Waals surface area contributed by atoms with Crippen molar-refractivity contribution < 1.29 is 32.2 Å². The molecule has 1 aliphatic rings. The molecule has 1 unspecified atom stereocenters. The van der Waals surface area contributed by atoms with Crippen LogP contribution < -0.4 is 31.4 Å². The number of alkyl halides is 3. The van der Waals surface area contributed by atoms with Crippen LogP contribution in [0.1, 0.15) is 35.3 Å². The quantitative estimate of drug-likeness (QED) is 0.378. The number of aryl methyl sites for hydroxylation is 1. The Kier molecular flexibility index (Phi) is 7.52. The molecule has 206 valence electrons. The number of hydrogen-bond donors (Lipinski definition) is 3. The fraction of sp³-hybridized carbons (Fsp3) is 0.308. The highest BCUT2D eigenvalue weighted by atomic mass is 19.4. The minimum absolute atomic E-state index is 0.121. The average molecular weight is 547 g/mol. The molecule has 3 aromatic rings. The lowest BCUT2D eigenvalue weighted by molar-refractivity contribution is -0.196. The van der Waals surface area contributed by atoms with Crippen LogP contribution in [0, 0.1) is 0 Å². The molecule has 2 amide bonds. The first kappa shape index (κ1) is 27.5. The number of aromatic amines is 1. The molecule has 2 heterocycles. The molecule has 2 aromatic carbocycles. The molecule has 0 bridgehead atoms. The molecular formula is C26H25F3N4O6. The number of nitrogens with one attached hydrogen (secondary N) is 3. The van der Waals surface area contributed by atoms with Gasteiger partial charge in [-0.3, -0.25) is 23.9 Å². The van der Waals surface area contributed by atoms with E-state index in [0.29, 0.717) is 30.3 Å². The number of aromatic nitrogens is 2. The summed E-state index contributed by atoms with van der Waals surface area (Å²) in [6.07, 6.45) is -5.31. The number of fused-ring (bicyclic) bond motifs is 1. The smallest absolute Gasteiger partial charge is 0.425 e. The topological polar surface area (TPSA) is 132 Å². The Bertz CT molecular complexity index is 1520. The molecule has 1 atom stereocenters. The second-order valence-corrected chi connectivity index (χ2v) is 8.55. The van der Waals surface area contributed by atoms with Gasteiger partial charge in [0.05, 0.1) is 13.2 Å². The third-order valence-corrected chi connectivity index (χ3v) is 6.14. The van der Waals surface area contributed by atoms with Crippen molar-refractivity contribution in [2.24, 2.45) is 0 Å². The molecule has 0 aliphatic carbocycles. The minimum atomic E-state index is -5.43. The number of benzene rings is 2. The van der Waals surface area contributed by atoms with Gasteiger partial charge in [-0.15, -0.1) is 0 Å². The average Bonchev–Trinajstić information content (AvgIpc) is 3.19. The molecule has 0 spiro atoms. The molecule has 13 heteroatoms. The van der Waals surface area contributed by atoms with Gasteiger partial charge in [-0.25, -0.2) is 4.79 Å². The van der Waals surface area contributed by atoms with Crippen molar-refractivity contribution in [2.45, 2.75) is 38.5 Å². The van der Waals surface area contributed by atoms with E-state index in [1.165, 1.54) is 24.3 Å². The monoisotopic (exact) mass is 546 g/mol.